The molecule has 3 rings (SSSR count). The number of aromatic nitrogens is 1. The molecule has 1 aliphatic heterocycles. The highest BCUT2D eigenvalue weighted by molar-refractivity contribution is 5.95. The predicted octanol–water partition coefficient (Wildman–Crippen LogP) is 1.67. The van der Waals surface area contributed by atoms with Crippen molar-refractivity contribution in [1.29, 1.82) is 0 Å². The first-order chi connectivity index (χ1) is 17.1. The summed E-state index contributed by atoms with van der Waals surface area (Å²) in [6.07, 6.45) is 2.86. The van der Waals surface area contributed by atoms with Crippen LogP contribution in [-0.4, -0.2) is 71.0 Å². The highest BCUT2D eigenvalue weighted by Gasteiger charge is 2.46. The Hall–Kier alpha value is -3.40. The molecule has 196 valence electrons. The number of carbonyl (C=O) groups is 4. The van der Waals surface area contributed by atoms with Crippen molar-refractivity contribution in [2.75, 3.05) is 19.8 Å². The molecule has 1 aromatic heterocycles. The van der Waals surface area contributed by atoms with Crippen LogP contribution in [0.5, 0.6) is 0 Å². The summed E-state index contributed by atoms with van der Waals surface area (Å²) in [5.41, 5.74) is 6.50. The average Bonchev–Trinajstić information content (AvgIpc) is 3.25. The van der Waals surface area contributed by atoms with Gasteiger partial charge in [-0.05, 0) is 52.2 Å². The van der Waals surface area contributed by atoms with E-state index in [1.165, 1.54) is 4.90 Å². The van der Waals surface area contributed by atoms with Gasteiger partial charge in [-0.25, -0.2) is 4.79 Å². The average molecular weight is 501 g/mol. The Morgan fingerprint density at radius 3 is 2.47 bits per heavy atom. The number of benzene rings is 1. The van der Waals surface area contributed by atoms with Gasteiger partial charge in [-0.3, -0.25) is 14.4 Å². The zero-order valence-corrected chi connectivity index (χ0v) is 21.3. The van der Waals surface area contributed by atoms with Crippen LogP contribution in [0.3, 0.4) is 0 Å². The van der Waals surface area contributed by atoms with Crippen LogP contribution in [0.25, 0.3) is 10.9 Å². The minimum atomic E-state index is -1.23. The van der Waals surface area contributed by atoms with Crippen molar-refractivity contribution in [2.24, 2.45) is 11.7 Å². The predicted molar refractivity (Wildman–Crippen MR) is 134 cm³/mol. The number of rotatable bonds is 9. The molecule has 2 amide bonds. The maximum Gasteiger partial charge on any atom is 0.329 e. The van der Waals surface area contributed by atoms with E-state index >= 15 is 0 Å². The number of aromatic amines is 1. The van der Waals surface area contributed by atoms with Crippen molar-refractivity contribution in [2.45, 2.75) is 64.6 Å². The summed E-state index contributed by atoms with van der Waals surface area (Å²) in [6.45, 7) is 6.95. The van der Waals surface area contributed by atoms with Crippen molar-refractivity contribution in [1.82, 2.24) is 15.2 Å². The summed E-state index contributed by atoms with van der Waals surface area (Å²) in [4.78, 5) is 57.0. The van der Waals surface area contributed by atoms with Crippen molar-refractivity contribution in [3.8, 4) is 0 Å². The van der Waals surface area contributed by atoms with Gasteiger partial charge in [-0.2, -0.15) is 0 Å². The van der Waals surface area contributed by atoms with Crippen LogP contribution in [0.15, 0.2) is 30.5 Å². The van der Waals surface area contributed by atoms with Gasteiger partial charge in [0.2, 0.25) is 11.8 Å². The molecule has 10 heteroatoms. The molecule has 0 spiro atoms. The number of hydrogen-bond acceptors (Lipinski definition) is 7. The molecule has 0 aliphatic carbocycles. The van der Waals surface area contributed by atoms with E-state index in [4.69, 9.17) is 15.2 Å². The molecule has 3 unspecified atom stereocenters. The summed E-state index contributed by atoms with van der Waals surface area (Å²) in [6, 6.07) is 5.48. The van der Waals surface area contributed by atoms with Gasteiger partial charge in [0.25, 0.3) is 0 Å². The molecule has 1 fully saturated rings. The Morgan fingerprint density at radius 1 is 1.14 bits per heavy atom. The largest absolute Gasteiger partial charge is 0.466 e. The fourth-order valence-electron chi connectivity index (χ4n) is 4.52. The molecule has 1 saturated heterocycles. The SMILES string of the molecule is CCOC(=O)C1CCCN(C(=O)C(Cc2c[nH]c3ccccc23)NC(=O)C(C)(C)N)C1C(=O)OCC. The second kappa shape index (κ2) is 11.6. The number of para-hydroxylation sites is 1. The van der Waals surface area contributed by atoms with Gasteiger partial charge in [0, 0.05) is 30.1 Å². The van der Waals surface area contributed by atoms with Crippen LogP contribution in [0.1, 0.15) is 46.1 Å². The summed E-state index contributed by atoms with van der Waals surface area (Å²) in [5, 5.41) is 3.70. The van der Waals surface area contributed by atoms with Gasteiger partial charge in [-0.1, -0.05) is 18.2 Å². The molecular weight excluding hydrogens is 464 g/mol. The van der Waals surface area contributed by atoms with Gasteiger partial charge in [0.15, 0.2) is 0 Å². The third kappa shape index (κ3) is 6.04. The maximum atomic E-state index is 14.0. The first-order valence-electron chi connectivity index (χ1n) is 12.4. The lowest BCUT2D eigenvalue weighted by molar-refractivity contribution is -0.169. The minimum Gasteiger partial charge on any atom is -0.466 e. The molecular formula is C26H36N4O6. The van der Waals surface area contributed by atoms with E-state index in [2.05, 4.69) is 10.3 Å². The van der Waals surface area contributed by atoms with Gasteiger partial charge in [0.1, 0.15) is 12.1 Å². The molecule has 36 heavy (non-hydrogen) atoms. The lowest BCUT2D eigenvalue weighted by atomic mass is 9.88. The number of fused-ring (bicyclic) bond motifs is 1. The number of nitrogens with two attached hydrogens (primary N) is 1. The Bertz CT molecular complexity index is 1110. The van der Waals surface area contributed by atoms with Gasteiger partial charge >= 0.3 is 11.9 Å². The summed E-state index contributed by atoms with van der Waals surface area (Å²) in [5.74, 6) is -3.05. The normalized spacial score (nSPS) is 19.0. The Labute approximate surface area is 210 Å². The molecule has 1 aromatic carbocycles. The lowest BCUT2D eigenvalue weighted by Gasteiger charge is -2.40. The quantitative estimate of drug-likeness (QED) is 0.444. The second-order valence-corrected chi connectivity index (χ2v) is 9.54. The monoisotopic (exact) mass is 500 g/mol. The number of ether oxygens (including phenoxy) is 2. The Kier molecular flexibility index (Phi) is 8.73. The zero-order chi connectivity index (χ0) is 26.5. The minimum absolute atomic E-state index is 0.101. The van der Waals surface area contributed by atoms with Crippen molar-refractivity contribution >= 4 is 34.7 Å². The third-order valence-corrected chi connectivity index (χ3v) is 6.32. The Balaban J connectivity index is 1.97. The number of piperidine rings is 1. The number of esters is 2. The number of likely N-dealkylation sites (tertiary alicyclic amines) is 1. The number of hydrogen-bond donors (Lipinski definition) is 3. The molecule has 3 atom stereocenters. The number of amides is 2. The fourth-order valence-corrected chi connectivity index (χ4v) is 4.52. The standard InChI is InChI=1S/C26H36N4O6/c1-5-35-23(32)18-11-9-13-30(21(18)24(33)36-6-2)22(31)20(29-25(34)26(3,4)27)14-16-15-28-19-12-8-7-10-17(16)19/h7-8,10,12,15,18,20-21,28H,5-6,9,11,13-14,27H2,1-4H3,(H,29,34). The first-order valence-corrected chi connectivity index (χ1v) is 12.4. The number of nitrogens with one attached hydrogen (secondary N) is 2. The summed E-state index contributed by atoms with van der Waals surface area (Å²) >= 11 is 0. The van der Waals surface area contributed by atoms with E-state index < -0.39 is 47.3 Å². The van der Waals surface area contributed by atoms with Crippen molar-refractivity contribution in [3.05, 3.63) is 36.0 Å². The van der Waals surface area contributed by atoms with Crippen LogP contribution in [-0.2, 0) is 35.1 Å². The number of carbonyl (C=O) groups excluding carboxylic acids is 4. The van der Waals surface area contributed by atoms with Gasteiger partial charge in [0.05, 0.1) is 24.7 Å². The van der Waals surface area contributed by atoms with Gasteiger partial charge < -0.3 is 30.4 Å². The van der Waals surface area contributed by atoms with Crippen LogP contribution < -0.4 is 11.1 Å². The number of H-pyrrole nitrogens is 1. The van der Waals surface area contributed by atoms with Crippen LogP contribution in [0, 0.1) is 5.92 Å². The van der Waals surface area contributed by atoms with Crippen LogP contribution in [0.2, 0.25) is 0 Å². The third-order valence-electron chi connectivity index (χ3n) is 6.32. The molecule has 0 saturated carbocycles. The summed E-state index contributed by atoms with van der Waals surface area (Å²) < 4.78 is 10.4. The topological polar surface area (TPSA) is 144 Å². The molecule has 4 N–H and O–H groups in total. The molecule has 0 radical (unpaired) electrons. The molecule has 2 heterocycles. The van der Waals surface area contributed by atoms with Crippen molar-refractivity contribution in [3.63, 3.8) is 0 Å². The first kappa shape index (κ1) is 27.2. The molecule has 0 bridgehead atoms. The van der Waals surface area contributed by atoms with E-state index in [-0.39, 0.29) is 26.2 Å². The highest BCUT2D eigenvalue weighted by atomic mass is 16.5. The van der Waals surface area contributed by atoms with E-state index in [0.717, 1.165) is 16.5 Å². The highest BCUT2D eigenvalue weighted by Crippen LogP contribution is 2.28. The van der Waals surface area contributed by atoms with Crippen LogP contribution >= 0.6 is 0 Å². The molecule has 1 aliphatic rings. The maximum absolute atomic E-state index is 14.0. The lowest BCUT2D eigenvalue weighted by Crippen LogP contribution is -2.62. The fraction of sp³-hybridized carbons (Fsp3) is 0.538. The van der Waals surface area contributed by atoms with E-state index in [1.54, 1.807) is 33.9 Å². The van der Waals surface area contributed by atoms with Gasteiger partial charge in [-0.15, -0.1) is 0 Å². The van der Waals surface area contributed by atoms with E-state index in [9.17, 15) is 19.2 Å². The zero-order valence-electron chi connectivity index (χ0n) is 21.3. The Morgan fingerprint density at radius 2 is 1.81 bits per heavy atom. The molecule has 2 aromatic rings. The van der Waals surface area contributed by atoms with Crippen LogP contribution in [0.4, 0.5) is 0 Å². The summed E-state index contributed by atoms with van der Waals surface area (Å²) in [7, 11) is 0. The smallest absolute Gasteiger partial charge is 0.329 e. The second-order valence-electron chi connectivity index (χ2n) is 9.54. The van der Waals surface area contributed by atoms with E-state index in [0.29, 0.717) is 12.8 Å². The van der Waals surface area contributed by atoms with E-state index in [1.807, 2.05) is 24.3 Å². The number of nitrogens with zero attached hydrogens (tertiary/aromatic N) is 1. The molecule has 10 nitrogen and oxygen atoms in total. The van der Waals surface area contributed by atoms with Crippen molar-refractivity contribution < 1.29 is 28.7 Å².